The molecule has 1 aliphatic heterocycles. The molecule has 4 rings (SSSR count). The van der Waals surface area contributed by atoms with Crippen molar-refractivity contribution in [3.63, 3.8) is 0 Å². The third kappa shape index (κ3) is 3.67. The molecule has 1 amide bonds. The third-order valence-corrected chi connectivity index (χ3v) is 6.51. The summed E-state index contributed by atoms with van der Waals surface area (Å²) < 4.78 is 0. The molecule has 26 heavy (non-hydrogen) atoms. The molecule has 3 nitrogen and oxygen atoms in total. The second-order valence-corrected chi connectivity index (χ2v) is 8.66. The van der Waals surface area contributed by atoms with Crippen LogP contribution in [0.3, 0.4) is 0 Å². The van der Waals surface area contributed by atoms with E-state index in [1.807, 2.05) is 30.0 Å². The van der Waals surface area contributed by atoms with Gasteiger partial charge in [-0.25, -0.2) is 0 Å². The largest absolute Gasteiger partial charge is 0.325 e. The first-order chi connectivity index (χ1) is 12.7. The molecule has 4 heteroatoms. The highest BCUT2D eigenvalue weighted by atomic mass is 32.2. The SMILES string of the molecule is Cc1ccc(CN2CCSCC2)cc1NC(=O)C1(c2ccccc2)CC1. The van der Waals surface area contributed by atoms with Crippen molar-refractivity contribution in [2.75, 3.05) is 29.9 Å². The number of thioether (sulfide) groups is 1. The van der Waals surface area contributed by atoms with Gasteiger partial charge in [0.1, 0.15) is 0 Å². The molecule has 0 spiro atoms. The lowest BCUT2D eigenvalue weighted by atomic mass is 9.94. The molecular formula is C22H26N2OS. The van der Waals surface area contributed by atoms with Crippen molar-refractivity contribution in [1.29, 1.82) is 0 Å². The molecule has 2 aromatic carbocycles. The predicted molar refractivity (Wildman–Crippen MR) is 110 cm³/mol. The number of anilines is 1. The Bertz CT molecular complexity index is 780. The Balaban J connectivity index is 1.49. The molecule has 0 bridgehead atoms. The van der Waals surface area contributed by atoms with Gasteiger partial charge in [0.15, 0.2) is 0 Å². The van der Waals surface area contributed by atoms with Crippen LogP contribution in [0.5, 0.6) is 0 Å². The summed E-state index contributed by atoms with van der Waals surface area (Å²) in [5.74, 6) is 2.57. The summed E-state index contributed by atoms with van der Waals surface area (Å²) in [6, 6.07) is 16.7. The average molecular weight is 367 g/mol. The van der Waals surface area contributed by atoms with E-state index in [1.165, 1.54) is 17.1 Å². The Morgan fingerprint density at radius 2 is 1.85 bits per heavy atom. The van der Waals surface area contributed by atoms with Crippen molar-refractivity contribution in [3.8, 4) is 0 Å². The Labute approximate surface area is 160 Å². The second-order valence-electron chi connectivity index (χ2n) is 7.44. The van der Waals surface area contributed by atoms with Gasteiger partial charge in [-0.1, -0.05) is 42.5 Å². The third-order valence-electron chi connectivity index (χ3n) is 5.57. The number of benzene rings is 2. The number of nitrogens with zero attached hydrogens (tertiary/aromatic N) is 1. The maximum Gasteiger partial charge on any atom is 0.235 e. The number of hydrogen-bond donors (Lipinski definition) is 1. The molecule has 0 atom stereocenters. The first-order valence-corrected chi connectivity index (χ1v) is 10.6. The van der Waals surface area contributed by atoms with Gasteiger partial charge in [-0.2, -0.15) is 11.8 Å². The number of amides is 1. The van der Waals surface area contributed by atoms with Gasteiger partial charge in [0.2, 0.25) is 5.91 Å². The summed E-state index contributed by atoms with van der Waals surface area (Å²) in [5.41, 5.74) is 4.18. The maximum absolute atomic E-state index is 13.0. The first kappa shape index (κ1) is 17.6. The molecule has 1 saturated heterocycles. The normalized spacial score (nSPS) is 19.1. The zero-order valence-electron chi connectivity index (χ0n) is 15.3. The number of carbonyl (C=O) groups is 1. The minimum Gasteiger partial charge on any atom is -0.325 e. The van der Waals surface area contributed by atoms with Crippen LogP contribution in [0.15, 0.2) is 48.5 Å². The second kappa shape index (κ2) is 7.45. The fourth-order valence-electron chi connectivity index (χ4n) is 3.69. The minimum absolute atomic E-state index is 0.137. The highest BCUT2D eigenvalue weighted by Crippen LogP contribution is 2.49. The Hall–Kier alpha value is -1.78. The summed E-state index contributed by atoms with van der Waals surface area (Å²) in [5, 5.41) is 3.23. The van der Waals surface area contributed by atoms with Gasteiger partial charge in [0, 0.05) is 36.8 Å². The number of rotatable bonds is 5. The molecule has 136 valence electrons. The van der Waals surface area contributed by atoms with E-state index in [9.17, 15) is 4.79 Å². The summed E-state index contributed by atoms with van der Waals surface area (Å²) >= 11 is 2.03. The molecule has 0 aromatic heterocycles. The minimum atomic E-state index is -0.326. The molecule has 1 heterocycles. The summed E-state index contributed by atoms with van der Waals surface area (Å²) in [6.45, 7) is 5.33. The Morgan fingerprint density at radius 3 is 2.54 bits per heavy atom. The zero-order chi connectivity index (χ0) is 18.0. The molecular weight excluding hydrogens is 340 g/mol. The van der Waals surface area contributed by atoms with Gasteiger partial charge in [-0.05, 0) is 42.5 Å². The van der Waals surface area contributed by atoms with Crippen LogP contribution in [0, 0.1) is 6.92 Å². The Morgan fingerprint density at radius 1 is 1.12 bits per heavy atom. The number of aryl methyl sites for hydroxylation is 1. The van der Waals surface area contributed by atoms with E-state index < -0.39 is 0 Å². The van der Waals surface area contributed by atoms with E-state index in [4.69, 9.17) is 0 Å². The van der Waals surface area contributed by atoms with Crippen molar-refractivity contribution in [1.82, 2.24) is 4.90 Å². The molecule has 0 unspecified atom stereocenters. The topological polar surface area (TPSA) is 32.3 Å². The number of nitrogens with one attached hydrogen (secondary N) is 1. The van der Waals surface area contributed by atoms with Crippen LogP contribution in [0.1, 0.15) is 29.5 Å². The van der Waals surface area contributed by atoms with Gasteiger partial charge in [0.05, 0.1) is 5.41 Å². The predicted octanol–water partition coefficient (Wildman–Crippen LogP) is 4.21. The molecule has 2 aliphatic rings. The van der Waals surface area contributed by atoms with E-state index in [0.29, 0.717) is 0 Å². The van der Waals surface area contributed by atoms with Crippen LogP contribution >= 0.6 is 11.8 Å². The molecule has 2 aromatic rings. The van der Waals surface area contributed by atoms with Crippen LogP contribution < -0.4 is 5.32 Å². The average Bonchev–Trinajstić information content (AvgIpc) is 3.48. The van der Waals surface area contributed by atoms with E-state index in [1.54, 1.807) is 0 Å². The first-order valence-electron chi connectivity index (χ1n) is 9.44. The number of carbonyl (C=O) groups excluding carboxylic acids is 1. The van der Waals surface area contributed by atoms with Gasteiger partial charge in [0.25, 0.3) is 0 Å². The maximum atomic E-state index is 13.0. The van der Waals surface area contributed by atoms with E-state index in [2.05, 4.69) is 47.5 Å². The molecule has 1 aliphatic carbocycles. The summed E-state index contributed by atoms with van der Waals surface area (Å²) in [7, 11) is 0. The van der Waals surface area contributed by atoms with Crippen LogP contribution in [0.4, 0.5) is 5.69 Å². The van der Waals surface area contributed by atoms with Crippen molar-refractivity contribution < 1.29 is 4.79 Å². The highest BCUT2D eigenvalue weighted by molar-refractivity contribution is 7.99. The van der Waals surface area contributed by atoms with Gasteiger partial charge in [-0.15, -0.1) is 0 Å². The van der Waals surface area contributed by atoms with Crippen LogP contribution in [-0.4, -0.2) is 35.4 Å². The van der Waals surface area contributed by atoms with E-state index >= 15 is 0 Å². The van der Waals surface area contributed by atoms with Gasteiger partial charge < -0.3 is 5.32 Å². The fraction of sp³-hybridized carbons (Fsp3) is 0.409. The monoisotopic (exact) mass is 366 g/mol. The van der Waals surface area contributed by atoms with Crippen LogP contribution in [0.25, 0.3) is 0 Å². The van der Waals surface area contributed by atoms with Gasteiger partial charge >= 0.3 is 0 Å². The van der Waals surface area contributed by atoms with Crippen LogP contribution in [-0.2, 0) is 16.8 Å². The van der Waals surface area contributed by atoms with Gasteiger partial charge in [-0.3, -0.25) is 9.69 Å². The van der Waals surface area contributed by atoms with Crippen molar-refractivity contribution >= 4 is 23.4 Å². The standard InChI is InChI=1S/C22H26N2OS/c1-17-7-8-18(16-24-11-13-26-14-12-24)15-20(17)23-21(25)22(9-10-22)19-5-3-2-4-6-19/h2-8,15H,9-14,16H2,1H3,(H,23,25). The van der Waals surface area contributed by atoms with Crippen molar-refractivity contribution in [2.45, 2.75) is 31.7 Å². The zero-order valence-corrected chi connectivity index (χ0v) is 16.1. The lowest BCUT2D eigenvalue weighted by molar-refractivity contribution is -0.118. The van der Waals surface area contributed by atoms with Crippen LogP contribution in [0.2, 0.25) is 0 Å². The number of hydrogen-bond acceptors (Lipinski definition) is 3. The van der Waals surface area contributed by atoms with E-state index in [-0.39, 0.29) is 11.3 Å². The van der Waals surface area contributed by atoms with Crippen molar-refractivity contribution in [2.24, 2.45) is 0 Å². The lowest BCUT2D eigenvalue weighted by Gasteiger charge is -2.26. The fourth-order valence-corrected chi connectivity index (χ4v) is 4.67. The molecule has 1 saturated carbocycles. The molecule has 0 radical (unpaired) electrons. The quantitative estimate of drug-likeness (QED) is 0.860. The lowest BCUT2D eigenvalue weighted by Crippen LogP contribution is -2.32. The molecule has 2 fully saturated rings. The highest BCUT2D eigenvalue weighted by Gasteiger charge is 2.51. The summed E-state index contributed by atoms with van der Waals surface area (Å²) in [6.07, 6.45) is 1.88. The van der Waals surface area contributed by atoms with Crippen molar-refractivity contribution in [3.05, 3.63) is 65.2 Å². The van der Waals surface area contributed by atoms with E-state index in [0.717, 1.165) is 49.3 Å². The molecule has 1 N–H and O–H groups in total. The smallest absolute Gasteiger partial charge is 0.235 e. The Kier molecular flexibility index (Phi) is 5.05. The summed E-state index contributed by atoms with van der Waals surface area (Å²) in [4.78, 5) is 15.5.